The van der Waals surface area contributed by atoms with Crippen molar-refractivity contribution in [3.05, 3.63) is 22.2 Å². The van der Waals surface area contributed by atoms with Crippen LogP contribution in [-0.2, 0) is 4.79 Å². The van der Waals surface area contributed by atoms with Crippen LogP contribution in [0.4, 0.5) is 0 Å². The average Bonchev–Trinajstić information content (AvgIpc) is 2.31. The molecule has 1 heterocycles. The van der Waals surface area contributed by atoms with E-state index >= 15 is 0 Å². The lowest BCUT2D eigenvalue weighted by atomic mass is 10.3. The van der Waals surface area contributed by atoms with Crippen molar-refractivity contribution in [3.8, 4) is 0 Å². The minimum Gasteiger partial charge on any atom is -0.295 e. The highest BCUT2D eigenvalue weighted by atomic mass is 32.1. The van der Waals surface area contributed by atoms with Gasteiger partial charge in [-0.25, -0.2) is 4.98 Å². The van der Waals surface area contributed by atoms with Gasteiger partial charge in [-0.3, -0.25) is 4.79 Å². The van der Waals surface area contributed by atoms with Gasteiger partial charge in [0, 0.05) is 4.88 Å². The molecule has 1 aromatic heterocycles. The lowest BCUT2D eigenvalue weighted by Gasteiger charge is -1.84. The van der Waals surface area contributed by atoms with E-state index in [9.17, 15) is 4.79 Å². The molecule has 0 bridgehead atoms. The van der Waals surface area contributed by atoms with Crippen molar-refractivity contribution < 1.29 is 4.79 Å². The monoisotopic (exact) mass is 167 g/mol. The Morgan fingerprint density at radius 3 is 2.91 bits per heavy atom. The molecule has 58 valence electrons. The van der Waals surface area contributed by atoms with Gasteiger partial charge < -0.3 is 0 Å². The largest absolute Gasteiger partial charge is 0.295 e. The van der Waals surface area contributed by atoms with Crippen LogP contribution in [0.2, 0.25) is 0 Å². The van der Waals surface area contributed by atoms with Gasteiger partial charge >= 0.3 is 0 Å². The summed E-state index contributed by atoms with van der Waals surface area (Å²) in [5.41, 5.74) is 2.75. The predicted molar refractivity (Wildman–Crippen MR) is 46.6 cm³/mol. The molecule has 0 atom stereocenters. The maximum Gasteiger partial charge on any atom is 0.152 e. The minimum atomic E-state index is 0.0674. The second-order valence-corrected chi connectivity index (χ2v) is 3.13. The Kier molecular flexibility index (Phi) is 2.54. The third-order valence-electron chi connectivity index (χ3n) is 1.25. The smallest absolute Gasteiger partial charge is 0.152 e. The summed E-state index contributed by atoms with van der Waals surface area (Å²) in [6, 6.07) is 0. The Hall–Kier alpha value is -0.960. The predicted octanol–water partition coefficient (Wildman–Crippen LogP) is 2.05. The van der Waals surface area contributed by atoms with Crippen molar-refractivity contribution in [2.24, 2.45) is 0 Å². The van der Waals surface area contributed by atoms with Crippen LogP contribution < -0.4 is 0 Å². The van der Waals surface area contributed by atoms with Crippen LogP contribution in [0.15, 0.2) is 11.6 Å². The van der Waals surface area contributed by atoms with Gasteiger partial charge in [-0.1, -0.05) is 0 Å². The Balaban J connectivity index is 2.79. The maximum absolute atomic E-state index is 10.5. The molecule has 0 saturated carbocycles. The lowest BCUT2D eigenvalue weighted by Crippen LogP contribution is -1.79. The zero-order valence-corrected chi connectivity index (χ0v) is 7.31. The van der Waals surface area contributed by atoms with Gasteiger partial charge in [0.25, 0.3) is 0 Å². The van der Waals surface area contributed by atoms with Crippen LogP contribution in [0.25, 0.3) is 6.08 Å². The molecule has 3 heteroatoms. The summed E-state index contributed by atoms with van der Waals surface area (Å²) in [5, 5.41) is 0. The summed E-state index contributed by atoms with van der Waals surface area (Å²) in [4.78, 5) is 15.7. The summed E-state index contributed by atoms with van der Waals surface area (Å²) in [6.07, 6.45) is 3.36. The highest BCUT2D eigenvalue weighted by molar-refractivity contribution is 7.10. The second kappa shape index (κ2) is 3.44. The molecule has 0 fully saturated rings. The van der Waals surface area contributed by atoms with Crippen molar-refractivity contribution in [2.45, 2.75) is 13.8 Å². The highest BCUT2D eigenvalue weighted by Crippen LogP contribution is 2.13. The number of carbonyl (C=O) groups is 1. The van der Waals surface area contributed by atoms with Crippen LogP contribution in [0.3, 0.4) is 0 Å². The van der Waals surface area contributed by atoms with E-state index < -0.39 is 0 Å². The van der Waals surface area contributed by atoms with E-state index in [-0.39, 0.29) is 5.78 Å². The molecule has 1 aromatic rings. The molecule has 0 aliphatic carbocycles. The topological polar surface area (TPSA) is 30.0 Å². The fraction of sp³-hybridized carbons (Fsp3) is 0.250. The third kappa shape index (κ3) is 2.27. The van der Waals surface area contributed by atoms with Crippen LogP contribution in [0, 0.1) is 6.92 Å². The van der Waals surface area contributed by atoms with Crippen molar-refractivity contribution >= 4 is 23.2 Å². The molecule has 0 unspecified atom stereocenters. The van der Waals surface area contributed by atoms with Crippen LogP contribution >= 0.6 is 11.3 Å². The van der Waals surface area contributed by atoms with Gasteiger partial charge in [0.05, 0.1) is 11.2 Å². The Labute approximate surface area is 69.6 Å². The molecular formula is C8H9NOS. The number of ketones is 1. The Morgan fingerprint density at radius 2 is 2.45 bits per heavy atom. The SMILES string of the molecule is CC(=O)/C=C/c1scnc1C. The van der Waals surface area contributed by atoms with Crippen LogP contribution in [0.5, 0.6) is 0 Å². The summed E-state index contributed by atoms with van der Waals surface area (Å²) < 4.78 is 0. The molecule has 0 aromatic carbocycles. The van der Waals surface area contributed by atoms with E-state index in [1.807, 2.05) is 6.92 Å². The van der Waals surface area contributed by atoms with Crippen molar-refractivity contribution in [2.75, 3.05) is 0 Å². The number of rotatable bonds is 2. The van der Waals surface area contributed by atoms with Gasteiger partial charge in [-0.15, -0.1) is 11.3 Å². The fourth-order valence-electron chi connectivity index (χ4n) is 0.664. The first-order valence-corrected chi connectivity index (χ1v) is 4.17. The lowest BCUT2D eigenvalue weighted by molar-refractivity contribution is -0.112. The molecule has 1 rings (SSSR count). The van der Waals surface area contributed by atoms with E-state index in [0.717, 1.165) is 10.6 Å². The standard InChI is InChI=1S/C8H9NOS/c1-6(10)3-4-8-7(2)9-5-11-8/h3-5H,1-2H3/b4-3+. The quantitative estimate of drug-likeness (QED) is 0.631. The van der Waals surface area contributed by atoms with Crippen molar-refractivity contribution in [1.29, 1.82) is 0 Å². The van der Waals surface area contributed by atoms with E-state index in [1.54, 1.807) is 29.0 Å². The third-order valence-corrected chi connectivity index (χ3v) is 2.15. The van der Waals surface area contributed by atoms with Crippen molar-refractivity contribution in [3.63, 3.8) is 0 Å². The van der Waals surface area contributed by atoms with Gasteiger partial charge in [0.1, 0.15) is 0 Å². The van der Waals surface area contributed by atoms with E-state index in [1.165, 1.54) is 6.92 Å². The van der Waals surface area contributed by atoms with Gasteiger partial charge in [-0.2, -0.15) is 0 Å². The summed E-state index contributed by atoms with van der Waals surface area (Å²) >= 11 is 1.54. The molecule has 0 radical (unpaired) electrons. The molecule has 11 heavy (non-hydrogen) atoms. The van der Waals surface area contributed by atoms with E-state index in [0.29, 0.717) is 0 Å². The van der Waals surface area contributed by atoms with Gasteiger partial charge in [0.15, 0.2) is 5.78 Å². The number of aromatic nitrogens is 1. The van der Waals surface area contributed by atoms with E-state index in [2.05, 4.69) is 4.98 Å². The number of hydrogen-bond acceptors (Lipinski definition) is 3. The number of allylic oxidation sites excluding steroid dienone is 1. The number of nitrogens with zero attached hydrogens (tertiary/aromatic N) is 1. The number of aryl methyl sites for hydroxylation is 1. The zero-order chi connectivity index (χ0) is 8.27. The first kappa shape index (κ1) is 8.14. The van der Waals surface area contributed by atoms with E-state index in [4.69, 9.17) is 0 Å². The molecule has 0 saturated heterocycles. The summed E-state index contributed by atoms with van der Waals surface area (Å²) in [6.45, 7) is 3.46. The molecule has 0 aliphatic heterocycles. The Morgan fingerprint density at radius 1 is 1.73 bits per heavy atom. The molecule has 0 aliphatic rings. The number of hydrogen-bond donors (Lipinski definition) is 0. The molecular weight excluding hydrogens is 158 g/mol. The van der Waals surface area contributed by atoms with Gasteiger partial charge in [-0.05, 0) is 26.0 Å². The fourth-order valence-corrected chi connectivity index (χ4v) is 1.36. The maximum atomic E-state index is 10.5. The first-order chi connectivity index (χ1) is 5.20. The average molecular weight is 167 g/mol. The molecule has 2 nitrogen and oxygen atoms in total. The Bertz CT molecular complexity index is 288. The summed E-state index contributed by atoms with van der Waals surface area (Å²) in [7, 11) is 0. The normalized spacial score (nSPS) is 10.7. The molecule has 0 amide bonds. The van der Waals surface area contributed by atoms with Crippen LogP contribution in [-0.4, -0.2) is 10.8 Å². The van der Waals surface area contributed by atoms with Gasteiger partial charge in [0.2, 0.25) is 0 Å². The first-order valence-electron chi connectivity index (χ1n) is 3.29. The van der Waals surface area contributed by atoms with Crippen molar-refractivity contribution in [1.82, 2.24) is 4.98 Å². The number of thiazole rings is 1. The summed E-state index contributed by atoms with van der Waals surface area (Å²) in [5.74, 6) is 0.0674. The zero-order valence-electron chi connectivity index (χ0n) is 6.50. The van der Waals surface area contributed by atoms with Crippen LogP contribution in [0.1, 0.15) is 17.5 Å². The molecule has 0 spiro atoms. The minimum absolute atomic E-state index is 0.0674. The second-order valence-electron chi connectivity index (χ2n) is 2.25. The highest BCUT2D eigenvalue weighted by Gasteiger charge is 1.95. The molecule has 0 N–H and O–H groups in total. The number of carbonyl (C=O) groups excluding carboxylic acids is 1.